The van der Waals surface area contributed by atoms with Crippen LogP contribution in [0.25, 0.3) is 0 Å². The molecule has 1 amide bonds. The van der Waals surface area contributed by atoms with Gasteiger partial charge in [-0.1, -0.05) is 44.2 Å². The number of hydrogen-bond acceptors (Lipinski definition) is 4. The maximum Gasteiger partial charge on any atom is 0.225 e. The Hall–Kier alpha value is -2.43. The fraction of sp³-hybridized carbons (Fsp3) is 0.522. The van der Waals surface area contributed by atoms with Crippen LogP contribution in [0.1, 0.15) is 55.3 Å². The molecule has 0 radical (unpaired) electrons. The average Bonchev–Trinajstić information content (AvgIpc) is 3.19. The van der Waals surface area contributed by atoms with E-state index < -0.39 is 0 Å². The second kappa shape index (κ2) is 7.90. The molecular weight excluding hydrogens is 348 g/mol. The van der Waals surface area contributed by atoms with Gasteiger partial charge in [0, 0.05) is 49.3 Å². The molecule has 0 spiro atoms. The number of anilines is 1. The van der Waals surface area contributed by atoms with E-state index in [2.05, 4.69) is 42.2 Å². The smallest absolute Gasteiger partial charge is 0.225 e. The number of nitrogens with zero attached hydrogens (tertiary/aromatic N) is 4. The molecule has 3 heterocycles. The molecule has 0 bridgehead atoms. The summed E-state index contributed by atoms with van der Waals surface area (Å²) < 4.78 is 0. The Morgan fingerprint density at radius 3 is 2.71 bits per heavy atom. The van der Waals surface area contributed by atoms with Crippen LogP contribution in [0.5, 0.6) is 0 Å². The number of likely N-dealkylation sites (tertiary alicyclic amines) is 1. The van der Waals surface area contributed by atoms with E-state index in [1.54, 1.807) is 0 Å². The van der Waals surface area contributed by atoms with Gasteiger partial charge in [-0.3, -0.25) is 4.79 Å². The Morgan fingerprint density at radius 2 is 1.96 bits per heavy atom. The molecule has 0 N–H and O–H groups in total. The quantitative estimate of drug-likeness (QED) is 0.814. The van der Waals surface area contributed by atoms with Crippen LogP contribution in [0, 0.1) is 12.8 Å². The molecule has 0 unspecified atom stereocenters. The molecule has 2 aromatic rings. The number of benzene rings is 1. The summed E-state index contributed by atoms with van der Waals surface area (Å²) >= 11 is 0. The molecule has 4 rings (SSSR count). The van der Waals surface area contributed by atoms with E-state index in [1.165, 1.54) is 11.1 Å². The summed E-state index contributed by atoms with van der Waals surface area (Å²) in [5.41, 5.74) is 3.70. The third-order valence-electron chi connectivity index (χ3n) is 5.94. The van der Waals surface area contributed by atoms with Crippen molar-refractivity contribution in [2.24, 2.45) is 5.92 Å². The number of aryl methyl sites for hydroxylation is 1. The number of aromatic nitrogens is 2. The molecule has 2 aliphatic rings. The number of hydrogen-bond donors (Lipinski definition) is 0. The zero-order valence-corrected chi connectivity index (χ0v) is 17.2. The largest absolute Gasteiger partial charge is 0.352 e. The summed E-state index contributed by atoms with van der Waals surface area (Å²) in [6, 6.07) is 10.6. The maximum absolute atomic E-state index is 12.4. The Morgan fingerprint density at radius 1 is 1.18 bits per heavy atom. The topological polar surface area (TPSA) is 49.3 Å². The van der Waals surface area contributed by atoms with Crippen LogP contribution in [0.2, 0.25) is 0 Å². The fourth-order valence-corrected chi connectivity index (χ4v) is 4.39. The molecule has 0 saturated carbocycles. The molecule has 5 nitrogen and oxygen atoms in total. The second-order valence-electron chi connectivity index (χ2n) is 8.40. The first-order chi connectivity index (χ1) is 13.5. The van der Waals surface area contributed by atoms with Crippen LogP contribution in [0.4, 0.5) is 5.82 Å². The third kappa shape index (κ3) is 3.75. The van der Waals surface area contributed by atoms with Crippen LogP contribution in [0.15, 0.2) is 30.3 Å². The van der Waals surface area contributed by atoms with Gasteiger partial charge < -0.3 is 9.80 Å². The second-order valence-corrected chi connectivity index (χ2v) is 8.40. The number of carbonyl (C=O) groups excluding carboxylic acids is 1. The van der Waals surface area contributed by atoms with Gasteiger partial charge in [0.15, 0.2) is 0 Å². The highest BCUT2D eigenvalue weighted by Gasteiger charge is 2.32. The van der Waals surface area contributed by atoms with Crippen molar-refractivity contribution in [1.82, 2.24) is 14.9 Å². The number of rotatable bonds is 4. The molecule has 1 saturated heterocycles. The van der Waals surface area contributed by atoms with Crippen LogP contribution >= 0.6 is 0 Å². The lowest BCUT2D eigenvalue weighted by Gasteiger charge is -2.31. The number of carbonyl (C=O) groups is 1. The van der Waals surface area contributed by atoms with E-state index in [0.717, 1.165) is 62.8 Å². The average molecular weight is 379 g/mol. The van der Waals surface area contributed by atoms with Gasteiger partial charge in [-0.25, -0.2) is 9.97 Å². The van der Waals surface area contributed by atoms with Crippen molar-refractivity contribution in [2.45, 2.75) is 52.5 Å². The van der Waals surface area contributed by atoms with Crippen molar-refractivity contribution in [1.29, 1.82) is 0 Å². The summed E-state index contributed by atoms with van der Waals surface area (Å²) in [5.74, 6) is 2.54. The molecule has 1 aromatic carbocycles. The van der Waals surface area contributed by atoms with Crippen LogP contribution < -0.4 is 4.90 Å². The van der Waals surface area contributed by atoms with Crippen LogP contribution in [-0.4, -0.2) is 40.4 Å². The molecular formula is C23H30N4O. The van der Waals surface area contributed by atoms with Gasteiger partial charge >= 0.3 is 0 Å². The summed E-state index contributed by atoms with van der Waals surface area (Å²) in [7, 11) is 0. The van der Waals surface area contributed by atoms with Crippen LogP contribution in [0.3, 0.4) is 0 Å². The van der Waals surface area contributed by atoms with Crippen molar-refractivity contribution < 1.29 is 4.79 Å². The van der Waals surface area contributed by atoms with E-state index >= 15 is 0 Å². The Balaban J connectivity index is 1.59. The third-order valence-corrected chi connectivity index (χ3v) is 5.94. The highest BCUT2D eigenvalue weighted by atomic mass is 16.2. The standard InChI is InChI=1S/C23H30N4O/c1-16(2)23(28)27-13-11-19(15-27)21-24-17(3)20-10-7-12-26(22(20)25-21)14-18-8-5-4-6-9-18/h4-6,8-9,16,19H,7,10-15H2,1-3H3/t19-/m1/s1. The zero-order chi connectivity index (χ0) is 19.7. The lowest BCUT2D eigenvalue weighted by molar-refractivity contribution is -0.133. The molecule has 1 fully saturated rings. The molecule has 1 aromatic heterocycles. The first kappa shape index (κ1) is 18.9. The predicted octanol–water partition coefficient (Wildman–Crippen LogP) is 3.71. The minimum Gasteiger partial charge on any atom is -0.352 e. The Kier molecular flexibility index (Phi) is 5.33. The summed E-state index contributed by atoms with van der Waals surface area (Å²) in [6.07, 6.45) is 3.15. The van der Waals surface area contributed by atoms with Crippen molar-refractivity contribution in [3.05, 3.63) is 53.0 Å². The van der Waals surface area contributed by atoms with E-state index in [-0.39, 0.29) is 17.7 Å². The van der Waals surface area contributed by atoms with E-state index in [1.807, 2.05) is 18.7 Å². The molecule has 2 aliphatic heterocycles. The van der Waals surface area contributed by atoms with Crippen molar-refractivity contribution >= 4 is 11.7 Å². The molecule has 0 aliphatic carbocycles. The summed E-state index contributed by atoms with van der Waals surface area (Å²) in [5, 5.41) is 0. The van der Waals surface area contributed by atoms with Crippen LogP contribution in [-0.2, 0) is 17.8 Å². The Labute approximate surface area is 167 Å². The van der Waals surface area contributed by atoms with E-state index in [0.29, 0.717) is 0 Å². The highest BCUT2D eigenvalue weighted by molar-refractivity contribution is 5.78. The lowest BCUT2D eigenvalue weighted by Crippen LogP contribution is -2.33. The molecule has 28 heavy (non-hydrogen) atoms. The molecule has 148 valence electrons. The lowest BCUT2D eigenvalue weighted by atomic mass is 10.0. The predicted molar refractivity (Wildman–Crippen MR) is 111 cm³/mol. The van der Waals surface area contributed by atoms with Gasteiger partial charge in [-0.05, 0) is 31.7 Å². The number of fused-ring (bicyclic) bond motifs is 1. The van der Waals surface area contributed by atoms with Gasteiger partial charge in [-0.2, -0.15) is 0 Å². The van der Waals surface area contributed by atoms with E-state index in [9.17, 15) is 4.79 Å². The Bertz CT molecular complexity index is 849. The normalized spacial score (nSPS) is 19.2. The summed E-state index contributed by atoms with van der Waals surface area (Å²) in [4.78, 5) is 26.7. The maximum atomic E-state index is 12.4. The van der Waals surface area contributed by atoms with Crippen molar-refractivity contribution in [3.8, 4) is 0 Å². The molecule has 5 heteroatoms. The SMILES string of the molecule is Cc1nc([C@@H]2CCN(C(=O)C(C)C)C2)nc2c1CCCN2Cc1ccccc1. The zero-order valence-electron chi connectivity index (χ0n) is 17.2. The summed E-state index contributed by atoms with van der Waals surface area (Å²) in [6.45, 7) is 9.52. The fourth-order valence-electron chi connectivity index (χ4n) is 4.39. The van der Waals surface area contributed by atoms with Gasteiger partial charge in [0.1, 0.15) is 11.6 Å². The van der Waals surface area contributed by atoms with Gasteiger partial charge in [0.25, 0.3) is 0 Å². The number of amides is 1. The minimum atomic E-state index is 0.0475. The van der Waals surface area contributed by atoms with Gasteiger partial charge in [0.2, 0.25) is 5.91 Å². The minimum absolute atomic E-state index is 0.0475. The van der Waals surface area contributed by atoms with Gasteiger partial charge in [-0.15, -0.1) is 0 Å². The first-order valence-electron chi connectivity index (χ1n) is 10.5. The monoisotopic (exact) mass is 378 g/mol. The first-order valence-corrected chi connectivity index (χ1v) is 10.5. The van der Waals surface area contributed by atoms with Gasteiger partial charge in [0.05, 0.1) is 0 Å². The van der Waals surface area contributed by atoms with Crippen molar-refractivity contribution in [2.75, 3.05) is 24.5 Å². The van der Waals surface area contributed by atoms with E-state index in [4.69, 9.17) is 9.97 Å². The highest BCUT2D eigenvalue weighted by Crippen LogP contribution is 2.32. The molecule has 1 atom stereocenters. The van der Waals surface area contributed by atoms with Crippen molar-refractivity contribution in [3.63, 3.8) is 0 Å².